The van der Waals surface area contributed by atoms with Gasteiger partial charge in [-0.3, -0.25) is 14.4 Å². The molecule has 0 radical (unpaired) electrons. The number of halogens is 1. The van der Waals surface area contributed by atoms with E-state index in [1.807, 2.05) is 37.4 Å². The smallest absolute Gasteiger partial charge is 0.150 e. The van der Waals surface area contributed by atoms with Gasteiger partial charge >= 0.3 is 0 Å². The summed E-state index contributed by atoms with van der Waals surface area (Å²) in [6.07, 6.45) is 3.32. The van der Waals surface area contributed by atoms with Crippen LogP contribution in [0.4, 0.5) is 4.39 Å². The summed E-state index contributed by atoms with van der Waals surface area (Å²) in [7, 11) is 0. The average molecular weight is 435 g/mol. The average Bonchev–Trinajstić information content (AvgIpc) is 3.30. The molecule has 0 aliphatic carbocycles. The maximum atomic E-state index is 12.5. The number of alkyl halides is 1. The van der Waals surface area contributed by atoms with Gasteiger partial charge in [0.15, 0.2) is 0 Å². The Morgan fingerprint density at radius 2 is 2.03 bits per heavy atom. The summed E-state index contributed by atoms with van der Waals surface area (Å²) in [5.41, 5.74) is 4.86. The van der Waals surface area contributed by atoms with Crippen molar-refractivity contribution in [2.24, 2.45) is 5.92 Å². The fourth-order valence-corrected chi connectivity index (χ4v) is 4.43. The second-order valence-corrected chi connectivity index (χ2v) is 8.40. The standard InChI is InChI=1S/C25H26FN3O3/c1-16-22-10-20(30)4-7-23(22)32-25(24(16)19-12-27-28-13-19)18-2-5-21(6-3-18)31-9-8-29-14-17(11-26)15-29/h2-7,10,12-13,17,25,30H,8-9,11,14-15H2,1H3,(H,27,28). The van der Waals surface area contributed by atoms with Gasteiger partial charge in [0.25, 0.3) is 0 Å². The summed E-state index contributed by atoms with van der Waals surface area (Å²) in [5, 5.41) is 16.9. The summed E-state index contributed by atoms with van der Waals surface area (Å²) in [6, 6.07) is 13.1. The Kier molecular flexibility index (Phi) is 5.57. The minimum atomic E-state index is -0.308. The number of H-pyrrole nitrogens is 1. The van der Waals surface area contributed by atoms with E-state index in [1.165, 1.54) is 0 Å². The normalized spacial score (nSPS) is 18.8. The minimum Gasteiger partial charge on any atom is -0.508 e. The predicted octanol–water partition coefficient (Wildman–Crippen LogP) is 4.46. The first-order chi connectivity index (χ1) is 15.6. The highest BCUT2D eigenvalue weighted by atomic mass is 19.1. The van der Waals surface area contributed by atoms with E-state index < -0.39 is 0 Å². The van der Waals surface area contributed by atoms with Crippen molar-refractivity contribution in [2.45, 2.75) is 13.0 Å². The largest absolute Gasteiger partial charge is 0.508 e. The van der Waals surface area contributed by atoms with Crippen LogP contribution in [-0.2, 0) is 0 Å². The third-order valence-corrected chi connectivity index (χ3v) is 6.20. The number of hydrogen-bond acceptors (Lipinski definition) is 5. The Bertz CT molecular complexity index is 1110. The van der Waals surface area contributed by atoms with Crippen molar-refractivity contribution in [3.63, 3.8) is 0 Å². The van der Waals surface area contributed by atoms with Crippen molar-refractivity contribution in [1.82, 2.24) is 15.1 Å². The van der Waals surface area contributed by atoms with E-state index in [0.717, 1.165) is 59.0 Å². The Morgan fingerprint density at radius 3 is 2.75 bits per heavy atom. The first kappa shape index (κ1) is 20.6. The lowest BCUT2D eigenvalue weighted by Crippen LogP contribution is -2.49. The number of rotatable bonds is 7. The van der Waals surface area contributed by atoms with Gasteiger partial charge in [-0.25, -0.2) is 0 Å². The maximum absolute atomic E-state index is 12.5. The molecule has 0 spiro atoms. The van der Waals surface area contributed by atoms with Crippen LogP contribution in [0.2, 0.25) is 0 Å². The number of fused-ring (bicyclic) bond motifs is 1. The first-order valence-electron chi connectivity index (χ1n) is 10.8. The second-order valence-electron chi connectivity index (χ2n) is 8.40. The molecule has 3 heterocycles. The molecule has 1 atom stereocenters. The number of aromatic nitrogens is 2. The quantitative estimate of drug-likeness (QED) is 0.573. The number of hydrogen-bond donors (Lipinski definition) is 2. The Hall–Kier alpha value is -3.32. The molecular formula is C25H26FN3O3. The molecule has 2 aliphatic rings. The Morgan fingerprint density at radius 1 is 1.22 bits per heavy atom. The number of phenolic OH excluding ortho intramolecular Hbond substituents is 1. The molecule has 2 aliphatic heterocycles. The van der Waals surface area contributed by atoms with E-state index in [1.54, 1.807) is 24.4 Å². The number of aromatic amines is 1. The number of phenols is 1. The van der Waals surface area contributed by atoms with Crippen LogP contribution in [0.3, 0.4) is 0 Å². The first-order valence-corrected chi connectivity index (χ1v) is 10.8. The molecule has 1 unspecified atom stereocenters. The van der Waals surface area contributed by atoms with Crippen LogP contribution in [0, 0.1) is 5.92 Å². The Balaban J connectivity index is 1.34. The number of aromatic hydroxyl groups is 1. The SMILES string of the molecule is CC1=C(c2cn[nH]c2)C(c2ccc(OCCN3CC(CF)C3)cc2)Oc2ccc(O)cc21. The maximum Gasteiger partial charge on any atom is 0.150 e. The molecule has 6 nitrogen and oxygen atoms in total. The number of nitrogens with zero attached hydrogens (tertiary/aromatic N) is 2. The van der Waals surface area contributed by atoms with Gasteiger partial charge in [-0.15, -0.1) is 0 Å². The molecule has 5 rings (SSSR count). The van der Waals surface area contributed by atoms with E-state index in [9.17, 15) is 9.50 Å². The van der Waals surface area contributed by atoms with Gasteiger partial charge in [0.1, 0.15) is 30.0 Å². The summed E-state index contributed by atoms with van der Waals surface area (Å²) < 4.78 is 24.8. The molecule has 166 valence electrons. The second kappa shape index (κ2) is 8.67. The van der Waals surface area contributed by atoms with Gasteiger partial charge in [0, 0.05) is 48.4 Å². The molecule has 1 fully saturated rings. The lowest BCUT2D eigenvalue weighted by atomic mass is 9.87. The number of allylic oxidation sites excluding steroid dienone is 1. The summed E-state index contributed by atoms with van der Waals surface area (Å²) >= 11 is 0. The Labute approximate surface area is 186 Å². The molecule has 0 amide bonds. The van der Waals surface area contributed by atoms with Crippen molar-refractivity contribution in [2.75, 3.05) is 32.9 Å². The third kappa shape index (κ3) is 3.96. The van der Waals surface area contributed by atoms with Gasteiger partial charge in [-0.05, 0) is 48.4 Å². The summed E-state index contributed by atoms with van der Waals surface area (Å²) in [4.78, 5) is 2.20. The zero-order valence-electron chi connectivity index (χ0n) is 17.9. The van der Waals surface area contributed by atoms with E-state index in [4.69, 9.17) is 9.47 Å². The molecule has 0 saturated carbocycles. The lowest BCUT2D eigenvalue weighted by Gasteiger charge is -2.37. The van der Waals surface area contributed by atoms with E-state index in [-0.39, 0.29) is 24.4 Å². The highest BCUT2D eigenvalue weighted by Crippen LogP contribution is 2.47. The van der Waals surface area contributed by atoms with Gasteiger partial charge < -0.3 is 14.6 Å². The van der Waals surface area contributed by atoms with Crippen LogP contribution in [-0.4, -0.2) is 53.1 Å². The van der Waals surface area contributed by atoms with E-state index in [2.05, 4.69) is 15.1 Å². The molecule has 7 heteroatoms. The highest BCUT2D eigenvalue weighted by molar-refractivity contribution is 5.95. The van der Waals surface area contributed by atoms with Crippen LogP contribution in [0.1, 0.15) is 29.7 Å². The van der Waals surface area contributed by atoms with Crippen LogP contribution < -0.4 is 9.47 Å². The lowest BCUT2D eigenvalue weighted by molar-refractivity contribution is 0.0668. The van der Waals surface area contributed by atoms with Crippen molar-refractivity contribution in [1.29, 1.82) is 0 Å². The molecule has 2 aromatic carbocycles. The number of nitrogens with one attached hydrogen (secondary N) is 1. The van der Waals surface area contributed by atoms with Crippen molar-refractivity contribution in [3.05, 3.63) is 71.5 Å². The number of likely N-dealkylation sites (tertiary alicyclic amines) is 1. The topological polar surface area (TPSA) is 70.6 Å². The van der Waals surface area contributed by atoms with Gasteiger partial charge in [0.2, 0.25) is 0 Å². The third-order valence-electron chi connectivity index (χ3n) is 6.20. The van der Waals surface area contributed by atoms with Crippen LogP contribution in [0.15, 0.2) is 54.9 Å². The molecule has 3 aromatic rings. The van der Waals surface area contributed by atoms with Gasteiger partial charge in [0.05, 0.1) is 12.9 Å². The van der Waals surface area contributed by atoms with E-state index in [0.29, 0.717) is 6.61 Å². The molecule has 32 heavy (non-hydrogen) atoms. The zero-order chi connectivity index (χ0) is 22.1. The van der Waals surface area contributed by atoms with Gasteiger partial charge in [-0.1, -0.05) is 12.1 Å². The number of benzene rings is 2. The summed E-state index contributed by atoms with van der Waals surface area (Å²) in [6.45, 7) is 4.83. The van der Waals surface area contributed by atoms with Gasteiger partial charge in [-0.2, -0.15) is 5.10 Å². The van der Waals surface area contributed by atoms with E-state index >= 15 is 0 Å². The molecule has 0 bridgehead atoms. The van der Waals surface area contributed by atoms with Crippen molar-refractivity contribution < 1.29 is 19.0 Å². The predicted molar refractivity (Wildman–Crippen MR) is 120 cm³/mol. The monoisotopic (exact) mass is 435 g/mol. The van der Waals surface area contributed by atoms with Crippen molar-refractivity contribution in [3.8, 4) is 17.2 Å². The summed E-state index contributed by atoms with van der Waals surface area (Å²) in [5.74, 6) is 1.93. The fraction of sp³-hybridized carbons (Fsp3) is 0.320. The van der Waals surface area contributed by atoms with Crippen molar-refractivity contribution >= 4 is 11.1 Å². The van der Waals surface area contributed by atoms with Crippen LogP contribution in [0.25, 0.3) is 11.1 Å². The van der Waals surface area contributed by atoms with Crippen LogP contribution >= 0.6 is 0 Å². The zero-order valence-corrected chi connectivity index (χ0v) is 17.9. The highest BCUT2D eigenvalue weighted by Gasteiger charge is 2.30. The van der Waals surface area contributed by atoms with Crippen LogP contribution in [0.5, 0.6) is 17.2 Å². The molecule has 2 N–H and O–H groups in total. The minimum absolute atomic E-state index is 0.194. The molecule has 1 aromatic heterocycles. The molecular weight excluding hydrogens is 409 g/mol. The number of ether oxygens (including phenoxy) is 2. The molecule has 1 saturated heterocycles. The fourth-order valence-electron chi connectivity index (χ4n) is 4.43.